The minimum atomic E-state index is -1.39. The lowest BCUT2D eigenvalue weighted by Crippen LogP contribution is -2.55. The number of nitrogens with zero attached hydrogens (tertiary/aromatic N) is 2. The van der Waals surface area contributed by atoms with Crippen LogP contribution in [0.5, 0.6) is 0 Å². The van der Waals surface area contributed by atoms with E-state index in [-0.39, 0.29) is 19.7 Å². The van der Waals surface area contributed by atoms with Crippen LogP contribution in [-0.4, -0.2) is 53.9 Å². The van der Waals surface area contributed by atoms with Gasteiger partial charge in [-0.1, -0.05) is 74.0 Å². The Hall–Kier alpha value is -3.09. The molecule has 2 unspecified atom stereocenters. The van der Waals surface area contributed by atoms with Crippen LogP contribution in [0, 0.1) is 0 Å². The van der Waals surface area contributed by atoms with Gasteiger partial charge in [0.1, 0.15) is 12.8 Å². The predicted octanol–water partition coefficient (Wildman–Crippen LogP) is 5.17. The molecule has 1 aliphatic rings. The Labute approximate surface area is 188 Å². The van der Waals surface area contributed by atoms with Crippen molar-refractivity contribution in [3.63, 3.8) is 0 Å². The van der Waals surface area contributed by atoms with E-state index >= 15 is 4.39 Å². The second-order valence-corrected chi connectivity index (χ2v) is 7.94. The van der Waals surface area contributed by atoms with Gasteiger partial charge in [-0.25, -0.2) is 14.0 Å². The molecule has 1 fully saturated rings. The van der Waals surface area contributed by atoms with Gasteiger partial charge in [-0.2, -0.15) is 0 Å². The van der Waals surface area contributed by atoms with E-state index in [9.17, 15) is 9.59 Å². The number of alkyl halides is 1. The summed E-state index contributed by atoms with van der Waals surface area (Å²) in [6, 6.07) is 18.1. The molecule has 32 heavy (non-hydrogen) atoms. The van der Waals surface area contributed by atoms with Crippen molar-refractivity contribution in [2.75, 3.05) is 19.7 Å². The third-order valence-corrected chi connectivity index (χ3v) is 5.52. The first-order valence-corrected chi connectivity index (χ1v) is 11.2. The van der Waals surface area contributed by atoms with E-state index < -0.39 is 24.4 Å². The van der Waals surface area contributed by atoms with Crippen molar-refractivity contribution in [1.82, 2.24) is 9.80 Å². The highest BCUT2D eigenvalue weighted by Gasteiger charge is 2.38. The van der Waals surface area contributed by atoms with E-state index in [4.69, 9.17) is 9.47 Å². The van der Waals surface area contributed by atoms with Crippen LogP contribution in [0.15, 0.2) is 60.7 Å². The zero-order valence-corrected chi connectivity index (χ0v) is 18.5. The maximum absolute atomic E-state index is 15.2. The highest BCUT2D eigenvalue weighted by molar-refractivity contribution is 5.69. The number of unbranched alkanes of at least 4 members (excludes halogenated alkanes) is 1. The summed E-state index contributed by atoms with van der Waals surface area (Å²) in [6.07, 6.45) is -0.447. The molecule has 0 radical (unpaired) electrons. The van der Waals surface area contributed by atoms with Crippen LogP contribution in [0.25, 0.3) is 0 Å². The summed E-state index contributed by atoms with van der Waals surface area (Å²) in [5.41, 5.74) is 1.75. The molecule has 0 bridgehead atoms. The maximum atomic E-state index is 15.2. The van der Waals surface area contributed by atoms with Crippen molar-refractivity contribution < 1.29 is 23.5 Å². The second-order valence-electron chi connectivity index (χ2n) is 7.94. The van der Waals surface area contributed by atoms with Gasteiger partial charge in [0.15, 0.2) is 0 Å². The molecular formula is C25H31FN2O4. The lowest BCUT2D eigenvalue weighted by molar-refractivity contribution is 0.0144. The first-order chi connectivity index (χ1) is 15.6. The van der Waals surface area contributed by atoms with Gasteiger partial charge in [-0.05, 0) is 24.0 Å². The molecule has 2 aromatic rings. The monoisotopic (exact) mass is 442 g/mol. The van der Waals surface area contributed by atoms with Crippen LogP contribution in [0.4, 0.5) is 14.0 Å². The van der Waals surface area contributed by atoms with E-state index in [1.165, 1.54) is 9.80 Å². The molecule has 0 spiro atoms. The number of hydrogen-bond donors (Lipinski definition) is 0. The highest BCUT2D eigenvalue weighted by atomic mass is 19.1. The van der Waals surface area contributed by atoms with Gasteiger partial charge in [0.25, 0.3) is 0 Å². The zero-order valence-electron chi connectivity index (χ0n) is 18.5. The highest BCUT2D eigenvalue weighted by Crippen LogP contribution is 2.24. The number of ether oxygens (including phenoxy) is 2. The number of rotatable bonds is 8. The molecule has 3 rings (SSSR count). The van der Waals surface area contributed by atoms with Crippen LogP contribution >= 0.6 is 0 Å². The summed E-state index contributed by atoms with van der Waals surface area (Å²) >= 11 is 0. The van der Waals surface area contributed by atoms with Gasteiger partial charge in [0.2, 0.25) is 0 Å². The van der Waals surface area contributed by atoms with Crippen molar-refractivity contribution in [2.45, 2.75) is 51.6 Å². The topological polar surface area (TPSA) is 59.1 Å². The van der Waals surface area contributed by atoms with Crippen LogP contribution in [0.3, 0.4) is 0 Å². The quantitative estimate of drug-likeness (QED) is 0.529. The lowest BCUT2D eigenvalue weighted by Gasteiger charge is -2.39. The molecule has 0 aromatic heterocycles. The van der Waals surface area contributed by atoms with Gasteiger partial charge in [-0.3, -0.25) is 4.90 Å². The Kier molecular flexibility index (Phi) is 8.90. The van der Waals surface area contributed by atoms with E-state index in [2.05, 4.69) is 0 Å². The molecule has 2 aromatic carbocycles. The predicted molar refractivity (Wildman–Crippen MR) is 120 cm³/mol. The Morgan fingerprint density at radius 3 is 2.31 bits per heavy atom. The number of benzene rings is 2. The fraction of sp³-hybridized carbons (Fsp3) is 0.440. The minimum Gasteiger partial charge on any atom is -0.449 e. The van der Waals surface area contributed by atoms with Crippen molar-refractivity contribution in [3.05, 3.63) is 71.8 Å². The number of halogens is 1. The third-order valence-electron chi connectivity index (χ3n) is 5.52. The maximum Gasteiger partial charge on any atom is 0.410 e. The summed E-state index contributed by atoms with van der Waals surface area (Å²) < 4.78 is 26.0. The number of hydrogen-bond acceptors (Lipinski definition) is 4. The number of piperidine rings is 1. The molecule has 172 valence electrons. The SMILES string of the molecule is CCCCOC(=O)N1CCC(N(Cc2ccccc2)C(=O)OCc2ccccc2)C(F)C1. The van der Waals surface area contributed by atoms with Gasteiger partial charge in [0, 0.05) is 13.1 Å². The van der Waals surface area contributed by atoms with Crippen molar-refractivity contribution in [2.24, 2.45) is 0 Å². The fourth-order valence-electron chi connectivity index (χ4n) is 3.70. The zero-order chi connectivity index (χ0) is 22.8. The van der Waals surface area contributed by atoms with E-state index in [1.807, 2.05) is 67.6 Å². The molecule has 2 amide bonds. The standard InChI is InChI=1S/C25H31FN2O4/c1-2-3-16-31-24(29)27-15-14-23(22(26)18-27)28(17-20-10-6-4-7-11-20)25(30)32-19-21-12-8-5-9-13-21/h4-13,22-23H,2-3,14-19H2,1H3. The number of amides is 2. The molecule has 1 heterocycles. The molecule has 0 aliphatic carbocycles. The Morgan fingerprint density at radius 2 is 1.69 bits per heavy atom. The van der Waals surface area contributed by atoms with E-state index in [0.29, 0.717) is 19.6 Å². The molecule has 6 nitrogen and oxygen atoms in total. The van der Waals surface area contributed by atoms with Crippen molar-refractivity contribution in [3.8, 4) is 0 Å². The average molecular weight is 443 g/mol. The summed E-state index contributed by atoms with van der Waals surface area (Å²) in [5, 5.41) is 0. The van der Waals surface area contributed by atoms with Crippen LogP contribution in [0.1, 0.15) is 37.3 Å². The third kappa shape index (κ3) is 6.70. The number of carbonyl (C=O) groups is 2. The van der Waals surface area contributed by atoms with Crippen molar-refractivity contribution in [1.29, 1.82) is 0 Å². The largest absolute Gasteiger partial charge is 0.449 e. The van der Waals surface area contributed by atoms with Gasteiger partial charge in [-0.15, -0.1) is 0 Å². The van der Waals surface area contributed by atoms with Gasteiger partial charge in [0.05, 0.1) is 19.2 Å². The van der Waals surface area contributed by atoms with Gasteiger partial charge >= 0.3 is 12.2 Å². The molecule has 1 aliphatic heterocycles. The molecule has 2 atom stereocenters. The van der Waals surface area contributed by atoms with E-state index in [0.717, 1.165) is 24.0 Å². The lowest BCUT2D eigenvalue weighted by atomic mass is 10.0. The smallest absolute Gasteiger partial charge is 0.410 e. The summed E-state index contributed by atoms with van der Waals surface area (Å²) in [6.45, 7) is 2.92. The van der Waals surface area contributed by atoms with Crippen molar-refractivity contribution >= 4 is 12.2 Å². The first kappa shape index (κ1) is 23.6. The summed E-state index contributed by atoms with van der Waals surface area (Å²) in [4.78, 5) is 28.0. The fourth-order valence-corrected chi connectivity index (χ4v) is 3.70. The molecule has 0 saturated carbocycles. The number of likely N-dealkylation sites (tertiary alicyclic amines) is 1. The Bertz CT molecular complexity index is 850. The second kappa shape index (κ2) is 12.1. The number of carbonyl (C=O) groups excluding carboxylic acids is 2. The molecule has 0 N–H and O–H groups in total. The van der Waals surface area contributed by atoms with Gasteiger partial charge < -0.3 is 14.4 Å². The van der Waals surface area contributed by atoms with E-state index in [1.54, 1.807) is 0 Å². The van der Waals surface area contributed by atoms with Crippen LogP contribution < -0.4 is 0 Å². The average Bonchev–Trinajstić information content (AvgIpc) is 2.82. The Balaban J connectivity index is 1.66. The first-order valence-electron chi connectivity index (χ1n) is 11.2. The molecule has 1 saturated heterocycles. The van der Waals surface area contributed by atoms with Crippen LogP contribution in [-0.2, 0) is 22.6 Å². The Morgan fingerprint density at radius 1 is 1.03 bits per heavy atom. The van der Waals surface area contributed by atoms with Crippen LogP contribution in [0.2, 0.25) is 0 Å². The molecular weight excluding hydrogens is 411 g/mol. The summed E-state index contributed by atoms with van der Waals surface area (Å²) in [5.74, 6) is 0. The molecule has 7 heteroatoms. The summed E-state index contributed by atoms with van der Waals surface area (Å²) in [7, 11) is 0. The normalized spacial score (nSPS) is 18.1. The minimum absolute atomic E-state index is 0.104.